The van der Waals surface area contributed by atoms with Crippen LogP contribution in [0.1, 0.15) is 6.42 Å². The Bertz CT molecular complexity index is 1090. The Kier molecular flexibility index (Phi) is 3.38. The highest BCUT2D eigenvalue weighted by molar-refractivity contribution is 5.82. The molecule has 1 aliphatic carbocycles. The summed E-state index contributed by atoms with van der Waals surface area (Å²) in [5.41, 5.74) is 6.38. The highest BCUT2D eigenvalue weighted by Gasteiger charge is 2.23. The average molecular weight is 343 g/mol. The number of methoxy groups -OCH3 is 1. The number of fused-ring (bicyclic) bond motifs is 2. The number of anilines is 1. The third kappa shape index (κ3) is 2.49. The van der Waals surface area contributed by atoms with Crippen LogP contribution in [0.2, 0.25) is 0 Å². The summed E-state index contributed by atoms with van der Waals surface area (Å²) in [7, 11) is 1.62. The van der Waals surface area contributed by atoms with E-state index >= 15 is 0 Å². The van der Waals surface area contributed by atoms with Crippen molar-refractivity contribution in [1.29, 1.82) is 0 Å². The maximum absolute atomic E-state index is 5.98. The number of pyridine rings is 1. The molecule has 0 spiro atoms. The van der Waals surface area contributed by atoms with Crippen LogP contribution in [0.3, 0.4) is 0 Å². The summed E-state index contributed by atoms with van der Waals surface area (Å²) in [5, 5.41) is 0. The lowest BCUT2D eigenvalue weighted by molar-refractivity contribution is 0.398. The Morgan fingerprint density at radius 1 is 1.12 bits per heavy atom. The molecule has 2 aromatic heterocycles. The van der Waals surface area contributed by atoms with E-state index in [1.807, 2.05) is 30.3 Å². The zero-order valence-electron chi connectivity index (χ0n) is 14.3. The van der Waals surface area contributed by atoms with Gasteiger partial charge < -0.3 is 9.15 Å². The molecule has 5 nitrogen and oxygen atoms in total. The van der Waals surface area contributed by atoms with Crippen LogP contribution in [0.25, 0.3) is 22.2 Å². The molecule has 5 rings (SSSR count). The lowest BCUT2D eigenvalue weighted by Crippen LogP contribution is -2.13. The Morgan fingerprint density at radius 3 is 2.92 bits per heavy atom. The first-order valence-corrected chi connectivity index (χ1v) is 8.54. The Hall–Kier alpha value is -3.34. The van der Waals surface area contributed by atoms with Crippen LogP contribution < -0.4 is 9.64 Å². The van der Waals surface area contributed by atoms with Gasteiger partial charge in [0, 0.05) is 18.5 Å². The normalized spacial score (nSPS) is 15.8. The molecular formula is C21H17N3O2. The van der Waals surface area contributed by atoms with E-state index in [1.165, 1.54) is 11.1 Å². The van der Waals surface area contributed by atoms with Crippen molar-refractivity contribution < 1.29 is 9.15 Å². The van der Waals surface area contributed by atoms with Crippen molar-refractivity contribution in [2.24, 2.45) is 0 Å². The molecule has 0 atom stereocenters. The van der Waals surface area contributed by atoms with Crippen LogP contribution >= 0.6 is 0 Å². The number of allylic oxidation sites excluding steroid dienone is 3. The van der Waals surface area contributed by atoms with E-state index in [9.17, 15) is 0 Å². The lowest BCUT2D eigenvalue weighted by atomic mass is 10.0. The molecule has 1 aromatic carbocycles. The van der Waals surface area contributed by atoms with Gasteiger partial charge in [-0.3, -0.25) is 4.90 Å². The van der Waals surface area contributed by atoms with Gasteiger partial charge in [-0.1, -0.05) is 24.3 Å². The number of aromatic nitrogens is 2. The fraction of sp³-hybridized carbons (Fsp3) is 0.143. The molecular weight excluding hydrogens is 326 g/mol. The molecule has 26 heavy (non-hydrogen) atoms. The van der Waals surface area contributed by atoms with Crippen molar-refractivity contribution in [3.05, 3.63) is 72.1 Å². The zero-order valence-corrected chi connectivity index (χ0v) is 14.3. The lowest BCUT2D eigenvalue weighted by Gasteiger charge is -2.09. The third-order valence-electron chi connectivity index (χ3n) is 4.74. The van der Waals surface area contributed by atoms with E-state index in [0.717, 1.165) is 35.2 Å². The topological polar surface area (TPSA) is 51.4 Å². The molecule has 0 fully saturated rings. The van der Waals surface area contributed by atoms with Gasteiger partial charge in [-0.05, 0) is 46.9 Å². The Morgan fingerprint density at radius 2 is 2.04 bits per heavy atom. The number of rotatable bonds is 3. The Balaban J connectivity index is 1.50. The van der Waals surface area contributed by atoms with E-state index in [-0.39, 0.29) is 0 Å². The largest absolute Gasteiger partial charge is 0.481 e. The summed E-state index contributed by atoms with van der Waals surface area (Å²) in [6.07, 6.45) is 11.3. The summed E-state index contributed by atoms with van der Waals surface area (Å²) >= 11 is 0. The fourth-order valence-electron chi connectivity index (χ4n) is 3.37. The molecule has 0 saturated heterocycles. The van der Waals surface area contributed by atoms with Crippen LogP contribution in [0.15, 0.2) is 76.5 Å². The minimum Gasteiger partial charge on any atom is -0.481 e. The quantitative estimate of drug-likeness (QED) is 0.701. The minimum absolute atomic E-state index is 0.594. The average Bonchev–Trinajstić information content (AvgIpc) is 3.31. The highest BCUT2D eigenvalue weighted by Crippen LogP contribution is 2.33. The summed E-state index contributed by atoms with van der Waals surface area (Å²) in [6.45, 7) is 0.806. The van der Waals surface area contributed by atoms with Gasteiger partial charge in [0.25, 0.3) is 0 Å². The summed E-state index contributed by atoms with van der Waals surface area (Å²) in [4.78, 5) is 10.9. The van der Waals surface area contributed by atoms with Crippen molar-refractivity contribution >= 4 is 17.1 Å². The van der Waals surface area contributed by atoms with E-state index in [0.29, 0.717) is 11.9 Å². The molecule has 5 heteroatoms. The molecule has 0 unspecified atom stereocenters. The first kappa shape index (κ1) is 15.0. The van der Waals surface area contributed by atoms with Gasteiger partial charge in [0.2, 0.25) is 5.88 Å². The predicted molar refractivity (Wildman–Crippen MR) is 101 cm³/mol. The zero-order chi connectivity index (χ0) is 17.5. The van der Waals surface area contributed by atoms with Gasteiger partial charge in [0.15, 0.2) is 5.58 Å². The molecule has 1 aliphatic heterocycles. The van der Waals surface area contributed by atoms with E-state index in [4.69, 9.17) is 14.1 Å². The highest BCUT2D eigenvalue weighted by atomic mass is 16.5. The van der Waals surface area contributed by atoms with E-state index in [2.05, 4.69) is 34.3 Å². The number of hydrogen-bond acceptors (Lipinski definition) is 5. The summed E-state index contributed by atoms with van der Waals surface area (Å²) in [5.74, 6) is 0.594. The Labute approximate surface area is 150 Å². The second kappa shape index (κ2) is 5.88. The van der Waals surface area contributed by atoms with Crippen molar-refractivity contribution in [1.82, 2.24) is 9.97 Å². The number of nitrogens with zero attached hydrogens (tertiary/aromatic N) is 3. The van der Waals surface area contributed by atoms with Crippen LogP contribution in [0.5, 0.6) is 5.88 Å². The number of hydrogen-bond donors (Lipinski definition) is 0. The molecule has 3 aromatic rings. The standard InChI is InChI=1S/C21H17N3O2/c1-25-20-11-15(8-9-22-20)14-6-7-19-18(10-14)23-21(26-19)24-12-16-4-2-3-5-17(16)13-24/h2-4,6-11,13H,5,12H2,1H3. The van der Waals surface area contributed by atoms with Gasteiger partial charge in [0.1, 0.15) is 5.52 Å². The number of oxazole rings is 1. The number of benzene rings is 1. The molecule has 0 N–H and O–H groups in total. The summed E-state index contributed by atoms with van der Waals surface area (Å²) < 4.78 is 11.2. The van der Waals surface area contributed by atoms with E-state index in [1.54, 1.807) is 13.3 Å². The van der Waals surface area contributed by atoms with Crippen LogP contribution in [-0.2, 0) is 0 Å². The van der Waals surface area contributed by atoms with Crippen molar-refractivity contribution in [2.45, 2.75) is 6.42 Å². The summed E-state index contributed by atoms with van der Waals surface area (Å²) in [6, 6.07) is 10.5. The number of ether oxygens (including phenoxy) is 1. The first-order chi connectivity index (χ1) is 12.8. The van der Waals surface area contributed by atoms with Crippen molar-refractivity contribution in [3.8, 4) is 17.0 Å². The second-order valence-electron chi connectivity index (χ2n) is 6.37. The van der Waals surface area contributed by atoms with Crippen LogP contribution in [0.4, 0.5) is 6.01 Å². The predicted octanol–water partition coefficient (Wildman–Crippen LogP) is 4.49. The molecule has 2 aliphatic rings. The first-order valence-electron chi connectivity index (χ1n) is 8.54. The molecule has 3 heterocycles. The second-order valence-corrected chi connectivity index (χ2v) is 6.37. The van der Waals surface area contributed by atoms with Crippen molar-refractivity contribution in [3.63, 3.8) is 0 Å². The molecule has 128 valence electrons. The minimum atomic E-state index is 0.594. The van der Waals surface area contributed by atoms with Gasteiger partial charge in [-0.15, -0.1) is 0 Å². The SMILES string of the molecule is COc1cc(-c2ccc3oc(N4C=C5CC=CC=C5C4)nc3c2)ccn1. The maximum atomic E-state index is 5.98. The van der Waals surface area contributed by atoms with Gasteiger partial charge in [-0.25, -0.2) is 4.98 Å². The molecule has 0 radical (unpaired) electrons. The van der Waals surface area contributed by atoms with Gasteiger partial charge >= 0.3 is 6.01 Å². The molecule has 0 amide bonds. The van der Waals surface area contributed by atoms with E-state index < -0.39 is 0 Å². The van der Waals surface area contributed by atoms with Gasteiger partial charge in [-0.2, -0.15) is 4.98 Å². The van der Waals surface area contributed by atoms with Gasteiger partial charge in [0.05, 0.1) is 13.7 Å². The molecule has 0 saturated carbocycles. The maximum Gasteiger partial charge on any atom is 0.302 e. The third-order valence-corrected chi connectivity index (χ3v) is 4.74. The van der Waals surface area contributed by atoms with Crippen molar-refractivity contribution in [2.75, 3.05) is 18.6 Å². The fourth-order valence-corrected chi connectivity index (χ4v) is 3.37. The van der Waals surface area contributed by atoms with Crippen LogP contribution in [-0.4, -0.2) is 23.6 Å². The molecule has 0 bridgehead atoms. The smallest absolute Gasteiger partial charge is 0.302 e. The monoisotopic (exact) mass is 343 g/mol. The van der Waals surface area contributed by atoms with Crippen LogP contribution in [0, 0.1) is 0 Å².